The van der Waals surface area contributed by atoms with Gasteiger partial charge in [-0.1, -0.05) is 23.2 Å². The fourth-order valence-electron chi connectivity index (χ4n) is 0.176. The Bertz CT molecular complexity index is 209. The largest absolute Gasteiger partial charge is 0.481 e. The molecule has 0 aromatic heterocycles. The summed E-state index contributed by atoms with van der Waals surface area (Å²) in [6, 6.07) is 0. The van der Waals surface area contributed by atoms with Crippen LogP contribution < -0.4 is 11.5 Å². The number of alkyl halides is 2. The van der Waals surface area contributed by atoms with Crippen LogP contribution in [-0.4, -0.2) is 27.8 Å². The van der Waals surface area contributed by atoms with Gasteiger partial charge in [0, 0.05) is 6.92 Å². The van der Waals surface area contributed by atoms with Crippen molar-refractivity contribution < 1.29 is 14.7 Å². The summed E-state index contributed by atoms with van der Waals surface area (Å²) in [6.07, 6.45) is 0. The Kier molecular flexibility index (Phi) is 8.52. The van der Waals surface area contributed by atoms with Gasteiger partial charge in [0.15, 0.2) is 10.8 Å². The molecule has 0 aliphatic rings. The minimum atomic E-state index is -1.19. The molecule has 6 nitrogen and oxygen atoms in total. The van der Waals surface area contributed by atoms with Crippen molar-refractivity contribution >= 4 is 41.0 Å². The third-order valence-corrected chi connectivity index (χ3v) is 0.799. The first-order valence-corrected chi connectivity index (χ1v) is 3.75. The number of nitrogens with zero attached hydrogens (tertiary/aromatic N) is 1. The number of nitrogens with two attached hydrogens (primary N) is 2. The van der Waals surface area contributed by atoms with Crippen LogP contribution in [0.25, 0.3) is 0 Å². The molecule has 0 aromatic rings. The molecular weight excluding hydrogens is 221 g/mol. The number of carbonyl (C=O) groups is 2. The van der Waals surface area contributed by atoms with Crippen molar-refractivity contribution in [3.63, 3.8) is 0 Å². The van der Waals surface area contributed by atoms with Crippen molar-refractivity contribution in [1.29, 1.82) is 0 Å². The number of rotatable bonds is 1. The molecule has 13 heavy (non-hydrogen) atoms. The van der Waals surface area contributed by atoms with Gasteiger partial charge in [0.05, 0.1) is 0 Å². The van der Waals surface area contributed by atoms with Crippen molar-refractivity contribution in [1.82, 2.24) is 0 Å². The lowest BCUT2D eigenvalue weighted by Gasteiger charge is -1.91. The fourth-order valence-corrected chi connectivity index (χ4v) is 0.274. The fraction of sp³-hybridized carbons (Fsp3) is 0.400. The lowest BCUT2D eigenvalue weighted by Crippen LogP contribution is -2.25. The maximum atomic E-state index is 10.3. The summed E-state index contributed by atoms with van der Waals surface area (Å²) in [6.45, 7) is 1.08. The van der Waals surface area contributed by atoms with Gasteiger partial charge in [0.1, 0.15) is 0 Å². The Morgan fingerprint density at radius 3 is 1.77 bits per heavy atom. The molecule has 0 aliphatic heterocycles. The average Bonchev–Trinajstić information content (AvgIpc) is 1.83. The van der Waals surface area contributed by atoms with Crippen LogP contribution in [0.15, 0.2) is 4.99 Å². The van der Waals surface area contributed by atoms with E-state index in [1.54, 1.807) is 0 Å². The van der Waals surface area contributed by atoms with E-state index in [9.17, 15) is 4.79 Å². The normalized spacial score (nSPS) is 8.31. The number of guanidine groups is 1. The highest BCUT2D eigenvalue weighted by atomic mass is 35.5. The van der Waals surface area contributed by atoms with E-state index in [0.717, 1.165) is 6.92 Å². The Balaban J connectivity index is 0. The van der Waals surface area contributed by atoms with E-state index in [2.05, 4.69) is 4.99 Å². The zero-order chi connectivity index (χ0) is 11.0. The molecule has 0 aliphatic carbocycles. The van der Waals surface area contributed by atoms with E-state index in [-0.39, 0.29) is 5.96 Å². The summed E-state index contributed by atoms with van der Waals surface area (Å²) in [5.41, 5.74) is 9.64. The Morgan fingerprint density at radius 2 is 1.69 bits per heavy atom. The SMILES string of the molecule is CC(=O)O.NC(N)=NC(=O)C(Cl)Cl. The lowest BCUT2D eigenvalue weighted by molar-refractivity contribution is -0.134. The van der Waals surface area contributed by atoms with E-state index in [1.165, 1.54) is 0 Å². The van der Waals surface area contributed by atoms with Gasteiger partial charge in [0.25, 0.3) is 11.9 Å². The second-order valence-electron chi connectivity index (χ2n) is 1.69. The molecule has 0 bridgehead atoms. The van der Waals surface area contributed by atoms with Crippen LogP contribution in [0.2, 0.25) is 0 Å². The van der Waals surface area contributed by atoms with Gasteiger partial charge in [0.2, 0.25) is 0 Å². The highest BCUT2D eigenvalue weighted by Gasteiger charge is 2.08. The average molecular weight is 230 g/mol. The van der Waals surface area contributed by atoms with Crippen LogP contribution in [0.4, 0.5) is 0 Å². The van der Waals surface area contributed by atoms with Crippen LogP contribution in [-0.2, 0) is 9.59 Å². The molecule has 0 heterocycles. The second kappa shape index (κ2) is 7.63. The van der Waals surface area contributed by atoms with E-state index < -0.39 is 16.7 Å². The van der Waals surface area contributed by atoms with Crippen molar-refractivity contribution in [3.8, 4) is 0 Å². The first kappa shape index (κ1) is 14.5. The topological polar surface area (TPSA) is 119 Å². The van der Waals surface area contributed by atoms with Crippen molar-refractivity contribution in [2.75, 3.05) is 0 Å². The Hall–Kier alpha value is -1.01. The zero-order valence-electron chi connectivity index (χ0n) is 6.70. The number of hydrogen-bond donors (Lipinski definition) is 3. The second-order valence-corrected chi connectivity index (χ2v) is 2.79. The zero-order valence-corrected chi connectivity index (χ0v) is 8.21. The number of carboxylic acids is 1. The first-order chi connectivity index (χ1) is 5.77. The molecule has 5 N–H and O–H groups in total. The molecule has 1 amide bonds. The minimum absolute atomic E-state index is 0.341. The molecule has 0 fully saturated rings. The van der Waals surface area contributed by atoms with Crippen LogP contribution in [0.3, 0.4) is 0 Å². The first-order valence-electron chi connectivity index (χ1n) is 2.88. The van der Waals surface area contributed by atoms with Gasteiger partial charge in [-0.05, 0) is 0 Å². The minimum Gasteiger partial charge on any atom is -0.481 e. The molecule has 8 heteroatoms. The number of aliphatic carboxylic acids is 1. The lowest BCUT2D eigenvalue weighted by atomic mass is 10.7. The molecule has 0 saturated heterocycles. The van der Waals surface area contributed by atoms with Gasteiger partial charge in [-0.25, -0.2) is 0 Å². The number of carbonyl (C=O) groups excluding carboxylic acids is 1. The number of amides is 1. The third kappa shape index (κ3) is 18.2. The van der Waals surface area contributed by atoms with Crippen LogP contribution in [0.5, 0.6) is 0 Å². The summed E-state index contributed by atoms with van der Waals surface area (Å²) < 4.78 is 0. The molecule has 0 aromatic carbocycles. The molecule has 0 rings (SSSR count). The predicted octanol–water partition coefficient (Wildman–Crippen LogP) is -0.319. The molecule has 0 spiro atoms. The van der Waals surface area contributed by atoms with Crippen molar-refractivity contribution in [2.45, 2.75) is 11.8 Å². The van der Waals surface area contributed by atoms with E-state index in [4.69, 9.17) is 44.6 Å². The number of halogens is 2. The van der Waals surface area contributed by atoms with E-state index in [0.29, 0.717) is 0 Å². The van der Waals surface area contributed by atoms with Crippen LogP contribution in [0.1, 0.15) is 6.92 Å². The summed E-state index contributed by atoms with van der Waals surface area (Å²) in [7, 11) is 0. The predicted molar refractivity (Wildman–Crippen MR) is 49.6 cm³/mol. The van der Waals surface area contributed by atoms with E-state index in [1.807, 2.05) is 0 Å². The monoisotopic (exact) mass is 229 g/mol. The van der Waals surface area contributed by atoms with Crippen LogP contribution >= 0.6 is 23.2 Å². The summed E-state index contributed by atoms with van der Waals surface area (Å²) in [5, 5.41) is 7.42. The van der Waals surface area contributed by atoms with Gasteiger partial charge in [-0.3, -0.25) is 9.59 Å². The molecule has 76 valence electrons. The molecule has 0 radical (unpaired) electrons. The Labute approximate surface area is 84.5 Å². The van der Waals surface area contributed by atoms with E-state index >= 15 is 0 Å². The standard InChI is InChI=1S/C3H5Cl2N3O.C2H4O2/c4-1(5)2(9)8-3(6)7;1-2(3)4/h1H,(H4,6,7,8,9);1H3,(H,3,4). The number of aliphatic imine (C=N–C) groups is 1. The summed E-state index contributed by atoms with van der Waals surface area (Å²) in [5.74, 6) is -1.93. The number of carboxylic acid groups (broad SMARTS) is 1. The van der Waals surface area contributed by atoms with Gasteiger partial charge >= 0.3 is 0 Å². The van der Waals surface area contributed by atoms with Crippen molar-refractivity contribution in [2.24, 2.45) is 16.5 Å². The molecule has 0 atom stereocenters. The van der Waals surface area contributed by atoms with Gasteiger partial charge in [-0.2, -0.15) is 4.99 Å². The van der Waals surface area contributed by atoms with Crippen LogP contribution in [0, 0.1) is 0 Å². The highest BCUT2D eigenvalue weighted by molar-refractivity contribution is 6.53. The maximum absolute atomic E-state index is 10.3. The smallest absolute Gasteiger partial charge is 0.300 e. The van der Waals surface area contributed by atoms with Crippen molar-refractivity contribution in [3.05, 3.63) is 0 Å². The molecule has 0 saturated carbocycles. The molecular formula is C5H9Cl2N3O3. The maximum Gasteiger partial charge on any atom is 0.300 e. The van der Waals surface area contributed by atoms with Gasteiger partial charge in [-0.15, -0.1) is 0 Å². The van der Waals surface area contributed by atoms with Gasteiger partial charge < -0.3 is 16.6 Å². The summed E-state index contributed by atoms with van der Waals surface area (Å²) >= 11 is 10.1. The summed E-state index contributed by atoms with van der Waals surface area (Å²) in [4.78, 5) is 21.2. The quantitative estimate of drug-likeness (QED) is 0.324. The third-order valence-electron chi connectivity index (χ3n) is 0.426. The Morgan fingerprint density at radius 1 is 1.38 bits per heavy atom. The highest BCUT2D eigenvalue weighted by Crippen LogP contribution is 2.02. The number of hydrogen-bond acceptors (Lipinski definition) is 2. The molecule has 0 unspecified atom stereocenters.